The first-order chi connectivity index (χ1) is 24.1. The van der Waals surface area contributed by atoms with Crippen molar-refractivity contribution >= 4 is 63.5 Å². The number of allylic oxidation sites excluding steroid dienone is 1. The van der Waals surface area contributed by atoms with Crippen molar-refractivity contribution in [3.05, 3.63) is 111 Å². The molecule has 5 rings (SSSR count). The lowest BCUT2D eigenvalue weighted by Crippen LogP contribution is -2.40. The molecule has 50 heavy (non-hydrogen) atoms. The Morgan fingerprint density at radius 3 is 2.50 bits per heavy atom. The van der Waals surface area contributed by atoms with Crippen molar-refractivity contribution in [2.24, 2.45) is 4.99 Å². The molecule has 11 nitrogen and oxygen atoms in total. The number of carbonyl (C=O) groups is 2. The van der Waals surface area contributed by atoms with E-state index in [1.807, 2.05) is 31.2 Å². The topological polar surface area (TPSA) is 124 Å². The van der Waals surface area contributed by atoms with E-state index >= 15 is 0 Å². The Hall–Kier alpha value is -4.34. The first kappa shape index (κ1) is 36.9. The van der Waals surface area contributed by atoms with Gasteiger partial charge in [0, 0.05) is 5.02 Å². The average Bonchev–Trinajstić information content (AvgIpc) is 3.39. The molecule has 4 aromatic rings. The van der Waals surface area contributed by atoms with E-state index in [2.05, 4.69) is 32.3 Å². The molecule has 0 bridgehead atoms. The SMILES string of the molecule is CCOC(=O)C1=C(C)N=c2s/c(=C/c3cc(I)c(OCc4cccc(Cl)c4)c(OC)c3)c(=O)n2[C@@H]1c1ccc(OCC(=O)OC)c(OCC)c1. The maximum absolute atomic E-state index is 14.2. The van der Waals surface area contributed by atoms with Gasteiger partial charge in [-0.2, -0.15) is 0 Å². The van der Waals surface area contributed by atoms with E-state index in [-0.39, 0.29) is 31.0 Å². The second-order valence-corrected chi connectivity index (χ2v) is 13.4. The van der Waals surface area contributed by atoms with Crippen LogP contribution >= 0.6 is 45.5 Å². The van der Waals surface area contributed by atoms with Crippen molar-refractivity contribution in [3.63, 3.8) is 0 Å². The number of fused-ring (bicyclic) bond motifs is 1. The van der Waals surface area contributed by atoms with Gasteiger partial charge in [-0.05, 0) is 103 Å². The molecule has 1 atom stereocenters. The summed E-state index contributed by atoms with van der Waals surface area (Å²) in [6.45, 7) is 5.63. The summed E-state index contributed by atoms with van der Waals surface area (Å²) in [6, 6.07) is 15.2. The minimum absolute atomic E-state index is 0.135. The summed E-state index contributed by atoms with van der Waals surface area (Å²) in [5.41, 5.74) is 2.45. The van der Waals surface area contributed by atoms with Gasteiger partial charge in [0.15, 0.2) is 34.4 Å². The summed E-state index contributed by atoms with van der Waals surface area (Å²) in [4.78, 5) is 44.5. The smallest absolute Gasteiger partial charge is 0.343 e. The van der Waals surface area contributed by atoms with Gasteiger partial charge in [-0.3, -0.25) is 9.36 Å². The zero-order chi connectivity index (χ0) is 35.9. The number of nitrogens with zero attached hydrogens (tertiary/aromatic N) is 2. The van der Waals surface area contributed by atoms with Crippen LogP contribution in [0.15, 0.2) is 75.7 Å². The van der Waals surface area contributed by atoms with E-state index in [1.54, 1.807) is 57.4 Å². The lowest BCUT2D eigenvalue weighted by Gasteiger charge is -2.25. The third kappa shape index (κ3) is 8.16. The Morgan fingerprint density at radius 2 is 1.80 bits per heavy atom. The Morgan fingerprint density at radius 1 is 1.00 bits per heavy atom. The largest absolute Gasteiger partial charge is 0.493 e. The van der Waals surface area contributed by atoms with Crippen molar-refractivity contribution in [1.29, 1.82) is 0 Å². The zero-order valence-corrected chi connectivity index (χ0v) is 31.6. The number of aromatic nitrogens is 1. The fourth-order valence-corrected chi connectivity index (χ4v) is 7.32. The zero-order valence-electron chi connectivity index (χ0n) is 27.9. The molecule has 0 spiro atoms. The minimum Gasteiger partial charge on any atom is -0.493 e. The molecule has 1 aromatic heterocycles. The van der Waals surface area contributed by atoms with Crippen molar-refractivity contribution < 1.29 is 38.0 Å². The number of halogens is 2. The van der Waals surface area contributed by atoms with Gasteiger partial charge in [-0.25, -0.2) is 14.6 Å². The summed E-state index contributed by atoms with van der Waals surface area (Å²) in [6.07, 6.45) is 1.76. The Kier molecular flexibility index (Phi) is 12.2. The highest BCUT2D eigenvalue weighted by atomic mass is 127. The van der Waals surface area contributed by atoms with E-state index < -0.39 is 18.0 Å². The van der Waals surface area contributed by atoms with Crippen molar-refractivity contribution in [2.75, 3.05) is 34.0 Å². The molecule has 0 saturated carbocycles. The van der Waals surface area contributed by atoms with Gasteiger partial charge in [0.05, 0.1) is 52.8 Å². The summed E-state index contributed by atoms with van der Waals surface area (Å²) in [5.74, 6) is 0.534. The lowest BCUT2D eigenvalue weighted by atomic mass is 9.95. The first-order valence-electron chi connectivity index (χ1n) is 15.5. The molecule has 0 fully saturated rings. The number of thiazole rings is 1. The number of carbonyl (C=O) groups excluding carboxylic acids is 2. The van der Waals surface area contributed by atoms with Crippen LogP contribution in [0.4, 0.5) is 0 Å². The van der Waals surface area contributed by atoms with E-state index in [0.717, 1.165) is 9.13 Å². The van der Waals surface area contributed by atoms with Gasteiger partial charge in [-0.1, -0.05) is 41.1 Å². The Balaban J connectivity index is 1.58. The van der Waals surface area contributed by atoms with Gasteiger partial charge in [0.2, 0.25) is 0 Å². The average molecular weight is 833 g/mol. The number of ether oxygens (including phenoxy) is 6. The predicted octanol–water partition coefficient (Wildman–Crippen LogP) is 5.59. The molecule has 0 unspecified atom stereocenters. The standard InChI is InChI=1S/C36H34ClIN2O9S/c1-6-46-27-17-23(11-12-26(27)48-19-30(41)45-5)32-31(35(43)47-7-2)20(3)39-36-40(32)34(42)29(50-36)16-22-14-25(38)33(28(15-22)44-4)49-18-21-9-8-10-24(37)13-21/h8-17,32H,6-7,18-19H2,1-5H3/b29-16+/t32-/m1/s1. The van der Waals surface area contributed by atoms with Gasteiger partial charge < -0.3 is 28.4 Å². The molecule has 3 aromatic carbocycles. The van der Waals surface area contributed by atoms with Gasteiger partial charge in [-0.15, -0.1) is 0 Å². The number of esters is 2. The molecule has 2 heterocycles. The monoisotopic (exact) mass is 832 g/mol. The van der Waals surface area contributed by atoms with Crippen LogP contribution in [0.1, 0.15) is 43.5 Å². The van der Waals surface area contributed by atoms with Crippen LogP contribution in [0.3, 0.4) is 0 Å². The van der Waals surface area contributed by atoms with Crippen molar-refractivity contribution in [3.8, 4) is 23.0 Å². The Labute approximate surface area is 310 Å². The fraction of sp³-hybridized carbons (Fsp3) is 0.278. The molecule has 0 amide bonds. The van der Waals surface area contributed by atoms with Gasteiger partial charge >= 0.3 is 11.9 Å². The first-order valence-corrected chi connectivity index (χ1v) is 17.8. The normalized spacial score (nSPS) is 14.1. The summed E-state index contributed by atoms with van der Waals surface area (Å²) in [7, 11) is 2.82. The molecular formula is C36H34ClIN2O9S. The highest BCUT2D eigenvalue weighted by Gasteiger charge is 2.34. The number of rotatable bonds is 13. The number of benzene rings is 3. The second-order valence-electron chi connectivity index (χ2n) is 10.8. The van der Waals surface area contributed by atoms with Crippen molar-refractivity contribution in [2.45, 2.75) is 33.4 Å². The second kappa shape index (κ2) is 16.6. The summed E-state index contributed by atoms with van der Waals surface area (Å²) < 4.78 is 36.1. The number of methoxy groups -OCH3 is 2. The molecule has 0 saturated heterocycles. The van der Waals surface area contributed by atoms with E-state index in [0.29, 0.717) is 60.8 Å². The number of hydrogen-bond donors (Lipinski definition) is 0. The lowest BCUT2D eigenvalue weighted by molar-refractivity contribution is -0.143. The molecule has 14 heteroatoms. The van der Waals surface area contributed by atoms with Crippen molar-refractivity contribution in [1.82, 2.24) is 4.57 Å². The van der Waals surface area contributed by atoms with Crippen LogP contribution in [-0.4, -0.2) is 50.5 Å². The molecule has 0 aliphatic carbocycles. The molecular weight excluding hydrogens is 799 g/mol. The summed E-state index contributed by atoms with van der Waals surface area (Å²) in [5, 5.41) is 0.618. The predicted molar refractivity (Wildman–Crippen MR) is 197 cm³/mol. The Bertz CT molecular complexity index is 2140. The van der Waals surface area contributed by atoms with Crippen LogP contribution in [0.5, 0.6) is 23.0 Å². The molecule has 1 aliphatic heterocycles. The molecule has 0 N–H and O–H groups in total. The van der Waals surface area contributed by atoms with Gasteiger partial charge in [0.1, 0.15) is 6.61 Å². The van der Waals surface area contributed by atoms with Crippen LogP contribution in [0.25, 0.3) is 6.08 Å². The van der Waals surface area contributed by atoms with Gasteiger partial charge in [0.25, 0.3) is 5.56 Å². The maximum atomic E-state index is 14.2. The van der Waals surface area contributed by atoms with Crippen LogP contribution in [-0.2, 0) is 25.7 Å². The third-order valence-corrected chi connectivity index (χ3v) is 9.51. The third-order valence-electron chi connectivity index (χ3n) is 7.50. The molecule has 0 radical (unpaired) electrons. The highest BCUT2D eigenvalue weighted by molar-refractivity contribution is 14.1. The maximum Gasteiger partial charge on any atom is 0.343 e. The molecule has 262 valence electrons. The van der Waals surface area contributed by atoms with E-state index in [1.165, 1.54) is 23.0 Å². The van der Waals surface area contributed by atoms with Crippen LogP contribution in [0.2, 0.25) is 5.02 Å². The van der Waals surface area contributed by atoms with E-state index in [9.17, 15) is 14.4 Å². The molecule has 1 aliphatic rings. The number of hydrogen-bond acceptors (Lipinski definition) is 11. The minimum atomic E-state index is -0.891. The van der Waals surface area contributed by atoms with E-state index in [4.69, 9.17) is 35.3 Å². The van der Waals surface area contributed by atoms with Crippen LogP contribution in [0, 0.1) is 3.57 Å². The fourth-order valence-electron chi connectivity index (χ4n) is 5.28. The van der Waals surface area contributed by atoms with Crippen LogP contribution < -0.4 is 33.8 Å². The quantitative estimate of drug-likeness (QED) is 0.125. The summed E-state index contributed by atoms with van der Waals surface area (Å²) >= 11 is 9.51. The highest BCUT2D eigenvalue weighted by Crippen LogP contribution is 2.37.